The van der Waals surface area contributed by atoms with Gasteiger partial charge in [0.25, 0.3) is 5.91 Å². The lowest BCUT2D eigenvalue weighted by Gasteiger charge is -2.12. The van der Waals surface area contributed by atoms with E-state index in [2.05, 4.69) is 20.7 Å². The largest absolute Gasteiger partial charge is 0.494 e. The number of hydrogen-bond acceptors (Lipinski definition) is 8. The predicted octanol–water partition coefficient (Wildman–Crippen LogP) is 4.59. The van der Waals surface area contributed by atoms with Crippen molar-refractivity contribution in [1.82, 2.24) is 20.2 Å². The number of rotatable bonds is 11. The second kappa shape index (κ2) is 12.6. The number of benzene rings is 3. The maximum atomic E-state index is 12.5. The van der Waals surface area contributed by atoms with Crippen molar-refractivity contribution in [1.29, 1.82) is 0 Å². The number of hydrogen-bond donors (Lipinski definition) is 1. The monoisotopic (exact) mass is 517 g/mol. The minimum atomic E-state index is -0.262. The van der Waals surface area contributed by atoms with Crippen molar-refractivity contribution in [2.45, 2.75) is 12.1 Å². The van der Waals surface area contributed by atoms with E-state index < -0.39 is 0 Å². The molecule has 0 aliphatic carbocycles. The number of aromatic nitrogens is 3. The number of ether oxygens (including phenoxy) is 3. The summed E-state index contributed by atoms with van der Waals surface area (Å²) in [6.07, 6.45) is 1.58. The van der Waals surface area contributed by atoms with Crippen LogP contribution in [0.1, 0.15) is 12.5 Å². The van der Waals surface area contributed by atoms with E-state index in [4.69, 9.17) is 14.2 Å². The van der Waals surface area contributed by atoms with Gasteiger partial charge in [0, 0.05) is 11.3 Å². The summed E-state index contributed by atoms with van der Waals surface area (Å²) < 4.78 is 18.1. The zero-order valence-electron chi connectivity index (χ0n) is 20.7. The fourth-order valence-electron chi connectivity index (χ4n) is 3.49. The van der Waals surface area contributed by atoms with Crippen molar-refractivity contribution >= 4 is 23.9 Å². The van der Waals surface area contributed by atoms with E-state index in [1.807, 2.05) is 84.3 Å². The summed E-state index contributed by atoms with van der Waals surface area (Å²) in [5, 5.41) is 13.4. The molecule has 0 unspecified atom stereocenters. The molecule has 0 bridgehead atoms. The molecule has 190 valence electrons. The first kappa shape index (κ1) is 25.8. The molecule has 0 atom stereocenters. The maximum absolute atomic E-state index is 12.5. The highest BCUT2D eigenvalue weighted by Gasteiger charge is 2.18. The summed E-state index contributed by atoms with van der Waals surface area (Å²) in [5.74, 6) is 2.45. The smallest absolute Gasteiger partial charge is 0.250 e. The summed E-state index contributed by atoms with van der Waals surface area (Å²) in [6, 6.07) is 22.7. The predicted molar refractivity (Wildman–Crippen MR) is 144 cm³/mol. The number of carbonyl (C=O) groups excluding carboxylic acids is 1. The van der Waals surface area contributed by atoms with E-state index in [1.165, 1.54) is 11.8 Å². The molecule has 1 N–H and O–H groups in total. The molecule has 3 aromatic carbocycles. The summed E-state index contributed by atoms with van der Waals surface area (Å²) in [4.78, 5) is 12.5. The highest BCUT2D eigenvalue weighted by molar-refractivity contribution is 7.99. The molecule has 37 heavy (non-hydrogen) atoms. The molecule has 0 fully saturated rings. The van der Waals surface area contributed by atoms with Crippen LogP contribution in [-0.2, 0) is 4.79 Å². The number of carbonyl (C=O) groups is 1. The van der Waals surface area contributed by atoms with Crippen LogP contribution >= 0.6 is 11.8 Å². The van der Waals surface area contributed by atoms with Crippen LogP contribution in [0.2, 0.25) is 0 Å². The fourth-order valence-corrected chi connectivity index (χ4v) is 4.24. The van der Waals surface area contributed by atoms with Gasteiger partial charge in [-0.15, -0.1) is 10.2 Å². The van der Waals surface area contributed by atoms with E-state index in [-0.39, 0.29) is 11.7 Å². The highest BCUT2D eigenvalue weighted by atomic mass is 32.2. The fraction of sp³-hybridized carbons (Fsp3) is 0.185. The first-order valence-electron chi connectivity index (χ1n) is 11.5. The van der Waals surface area contributed by atoms with Crippen LogP contribution in [0.4, 0.5) is 0 Å². The van der Waals surface area contributed by atoms with Gasteiger partial charge in [0.05, 0.1) is 32.8 Å². The van der Waals surface area contributed by atoms with Gasteiger partial charge < -0.3 is 14.2 Å². The van der Waals surface area contributed by atoms with Gasteiger partial charge in [-0.2, -0.15) is 5.10 Å². The second-order valence-electron chi connectivity index (χ2n) is 7.63. The zero-order chi connectivity index (χ0) is 26.0. The Bertz CT molecular complexity index is 1360. The van der Waals surface area contributed by atoms with Crippen LogP contribution in [0, 0.1) is 0 Å². The number of methoxy groups -OCH3 is 2. The zero-order valence-corrected chi connectivity index (χ0v) is 21.6. The standard InChI is InChI=1S/C27H27N5O4S/c1-4-36-22-13-10-19(11-14-22)17-28-29-25(33)18-37-27-31-30-26(32(27)21-8-6-5-7-9-21)20-12-15-23(34-2)24(16-20)35-3/h5-17H,4,18H2,1-3H3,(H,29,33)/b28-17-. The molecule has 0 aliphatic rings. The molecule has 0 radical (unpaired) electrons. The summed E-state index contributed by atoms with van der Waals surface area (Å²) in [6.45, 7) is 2.54. The van der Waals surface area contributed by atoms with Crippen LogP contribution < -0.4 is 19.6 Å². The quantitative estimate of drug-likeness (QED) is 0.176. The Kier molecular flexibility index (Phi) is 8.77. The van der Waals surface area contributed by atoms with E-state index >= 15 is 0 Å². The average Bonchev–Trinajstić information content (AvgIpc) is 3.37. The molecule has 1 amide bonds. The van der Waals surface area contributed by atoms with Crippen molar-refractivity contribution in [2.24, 2.45) is 5.10 Å². The van der Waals surface area contributed by atoms with Gasteiger partial charge in [0.15, 0.2) is 22.5 Å². The average molecular weight is 518 g/mol. The third-order valence-corrected chi connectivity index (χ3v) is 6.14. The van der Waals surface area contributed by atoms with Crippen molar-refractivity contribution in [3.8, 4) is 34.3 Å². The minimum absolute atomic E-state index is 0.109. The number of nitrogens with one attached hydrogen (secondary N) is 1. The topological polar surface area (TPSA) is 99.9 Å². The molecule has 4 rings (SSSR count). The van der Waals surface area contributed by atoms with Gasteiger partial charge in [-0.1, -0.05) is 30.0 Å². The van der Waals surface area contributed by atoms with Crippen molar-refractivity contribution < 1.29 is 19.0 Å². The lowest BCUT2D eigenvalue weighted by atomic mass is 10.2. The Morgan fingerprint density at radius 2 is 1.76 bits per heavy atom. The number of hydrazone groups is 1. The Labute approximate surface area is 219 Å². The maximum Gasteiger partial charge on any atom is 0.250 e. The van der Waals surface area contributed by atoms with Crippen LogP contribution in [0.5, 0.6) is 17.2 Å². The van der Waals surface area contributed by atoms with Crippen molar-refractivity contribution in [2.75, 3.05) is 26.6 Å². The van der Waals surface area contributed by atoms with Gasteiger partial charge in [-0.25, -0.2) is 5.43 Å². The molecule has 0 saturated heterocycles. The number of thioether (sulfide) groups is 1. The molecule has 0 aliphatic heterocycles. The van der Waals surface area contributed by atoms with Crippen molar-refractivity contribution in [3.05, 3.63) is 78.4 Å². The first-order valence-corrected chi connectivity index (χ1v) is 12.5. The molecule has 0 saturated carbocycles. The van der Waals surface area contributed by atoms with Crippen LogP contribution in [0.15, 0.2) is 83.1 Å². The lowest BCUT2D eigenvalue weighted by Crippen LogP contribution is -2.20. The Hall–Kier alpha value is -4.31. The van der Waals surface area contributed by atoms with Crippen LogP contribution in [0.25, 0.3) is 17.1 Å². The molecular weight excluding hydrogens is 490 g/mol. The highest BCUT2D eigenvalue weighted by Crippen LogP contribution is 2.34. The molecular formula is C27H27N5O4S. The van der Waals surface area contributed by atoms with Gasteiger partial charge in [0.2, 0.25) is 0 Å². The third kappa shape index (κ3) is 6.47. The Morgan fingerprint density at radius 3 is 2.46 bits per heavy atom. The Morgan fingerprint density at radius 1 is 1.00 bits per heavy atom. The van der Waals surface area contributed by atoms with Gasteiger partial charge in [0.1, 0.15) is 5.75 Å². The third-order valence-electron chi connectivity index (χ3n) is 5.22. The van der Waals surface area contributed by atoms with E-state index in [0.29, 0.717) is 29.1 Å². The van der Waals surface area contributed by atoms with E-state index in [9.17, 15) is 4.79 Å². The van der Waals surface area contributed by atoms with Crippen LogP contribution in [0.3, 0.4) is 0 Å². The second-order valence-corrected chi connectivity index (χ2v) is 8.57. The number of amides is 1. The first-order chi connectivity index (χ1) is 18.1. The van der Waals surface area contributed by atoms with Crippen molar-refractivity contribution in [3.63, 3.8) is 0 Å². The molecule has 4 aromatic rings. The number of para-hydroxylation sites is 1. The SMILES string of the molecule is CCOc1ccc(/C=N\NC(=O)CSc2nnc(-c3ccc(OC)c(OC)c3)n2-c2ccccc2)cc1. The van der Waals surface area contributed by atoms with Crippen LogP contribution in [-0.4, -0.2) is 53.5 Å². The molecule has 1 heterocycles. The molecule has 0 spiro atoms. The summed E-state index contributed by atoms with van der Waals surface area (Å²) in [5.41, 5.74) is 5.07. The molecule has 10 heteroatoms. The normalized spacial score (nSPS) is 10.9. The number of nitrogens with zero attached hydrogens (tertiary/aromatic N) is 4. The van der Waals surface area contributed by atoms with E-state index in [0.717, 1.165) is 22.6 Å². The van der Waals surface area contributed by atoms with Gasteiger partial charge in [-0.05, 0) is 67.1 Å². The van der Waals surface area contributed by atoms with Gasteiger partial charge in [-0.3, -0.25) is 9.36 Å². The van der Waals surface area contributed by atoms with E-state index in [1.54, 1.807) is 20.4 Å². The molecule has 9 nitrogen and oxygen atoms in total. The summed E-state index contributed by atoms with van der Waals surface area (Å²) >= 11 is 1.27. The minimum Gasteiger partial charge on any atom is -0.494 e. The molecule has 1 aromatic heterocycles. The summed E-state index contributed by atoms with van der Waals surface area (Å²) in [7, 11) is 3.17. The van der Waals surface area contributed by atoms with Gasteiger partial charge >= 0.3 is 0 Å². The lowest BCUT2D eigenvalue weighted by molar-refractivity contribution is -0.118. The Balaban J connectivity index is 1.49.